The zero-order valence-corrected chi connectivity index (χ0v) is 15.8. The van der Waals surface area contributed by atoms with Crippen molar-refractivity contribution in [2.75, 3.05) is 0 Å². The molecule has 0 saturated heterocycles. The van der Waals surface area contributed by atoms with E-state index in [0.717, 1.165) is 27.7 Å². The number of hydrogen-bond acceptors (Lipinski definition) is 3. The average Bonchev–Trinajstić information content (AvgIpc) is 3.14. The van der Waals surface area contributed by atoms with Gasteiger partial charge in [0.2, 0.25) is 0 Å². The van der Waals surface area contributed by atoms with Gasteiger partial charge in [0.15, 0.2) is 0 Å². The van der Waals surface area contributed by atoms with E-state index in [9.17, 15) is 9.65 Å². The van der Waals surface area contributed by atoms with E-state index in [1.807, 2.05) is 49.4 Å². The summed E-state index contributed by atoms with van der Waals surface area (Å²) in [5, 5.41) is 9.69. The fourth-order valence-corrected chi connectivity index (χ4v) is 3.08. The Hall–Kier alpha value is -3.91. The third-order valence-electron chi connectivity index (χ3n) is 4.52. The van der Waals surface area contributed by atoms with Crippen LogP contribution in [0.25, 0.3) is 22.7 Å². The lowest BCUT2D eigenvalue weighted by Crippen LogP contribution is -1.97. The molecule has 3 aromatic carbocycles. The second-order valence-electron chi connectivity index (χ2n) is 6.73. The molecule has 142 valence electrons. The third-order valence-corrected chi connectivity index (χ3v) is 4.52. The molecule has 1 heterocycles. The standard InChI is InChI=1S/C24H18FN3O/c1-16-9-10-21-22(11-16)28-24(27-21)19(14-26)13-18-6-2-3-8-23(18)29-15-17-5-4-7-20(25)12-17/h2-13H,15H2,1H3,(H,27,28)/b19-13-. The highest BCUT2D eigenvalue weighted by Gasteiger charge is 2.10. The van der Waals surface area contributed by atoms with Crippen molar-refractivity contribution in [2.45, 2.75) is 13.5 Å². The van der Waals surface area contributed by atoms with Crippen molar-refractivity contribution in [1.29, 1.82) is 5.26 Å². The van der Waals surface area contributed by atoms with Crippen LogP contribution in [0.4, 0.5) is 4.39 Å². The molecule has 0 amide bonds. The number of allylic oxidation sites excluding steroid dienone is 1. The second-order valence-corrected chi connectivity index (χ2v) is 6.73. The summed E-state index contributed by atoms with van der Waals surface area (Å²) in [6, 6.07) is 21.8. The lowest BCUT2D eigenvalue weighted by atomic mass is 10.1. The number of nitrogens with one attached hydrogen (secondary N) is 1. The van der Waals surface area contributed by atoms with Gasteiger partial charge in [-0.3, -0.25) is 0 Å². The SMILES string of the molecule is Cc1ccc2nc(/C(C#N)=C\c3ccccc3OCc3cccc(F)c3)[nH]c2c1. The number of rotatable bonds is 5. The quantitative estimate of drug-likeness (QED) is 0.453. The van der Waals surface area contributed by atoms with E-state index in [0.29, 0.717) is 17.1 Å². The highest BCUT2D eigenvalue weighted by molar-refractivity contribution is 5.91. The first kappa shape index (κ1) is 18.5. The molecule has 4 rings (SSSR count). The van der Waals surface area contributed by atoms with Crippen LogP contribution in [0.3, 0.4) is 0 Å². The number of nitriles is 1. The maximum Gasteiger partial charge on any atom is 0.149 e. The number of halogens is 1. The van der Waals surface area contributed by atoms with Gasteiger partial charge in [-0.05, 0) is 54.5 Å². The fourth-order valence-electron chi connectivity index (χ4n) is 3.08. The molecule has 0 unspecified atom stereocenters. The van der Waals surface area contributed by atoms with Crippen LogP contribution in [0.5, 0.6) is 5.75 Å². The van der Waals surface area contributed by atoms with Crippen LogP contribution in [0.1, 0.15) is 22.5 Å². The number of aromatic amines is 1. The molecule has 0 aliphatic carbocycles. The monoisotopic (exact) mass is 383 g/mol. The van der Waals surface area contributed by atoms with Gasteiger partial charge in [0.05, 0.1) is 16.6 Å². The summed E-state index contributed by atoms with van der Waals surface area (Å²) in [6.07, 6.45) is 1.74. The number of imidazole rings is 1. The lowest BCUT2D eigenvalue weighted by Gasteiger charge is -2.09. The van der Waals surface area contributed by atoms with Gasteiger partial charge in [0.1, 0.15) is 30.1 Å². The Labute approximate surface area is 167 Å². The molecule has 0 atom stereocenters. The Morgan fingerprint density at radius 3 is 2.83 bits per heavy atom. The van der Waals surface area contributed by atoms with Gasteiger partial charge in [-0.2, -0.15) is 5.26 Å². The minimum absolute atomic E-state index is 0.231. The molecule has 1 aromatic heterocycles. The van der Waals surface area contributed by atoms with Crippen LogP contribution in [-0.4, -0.2) is 9.97 Å². The van der Waals surface area contributed by atoms with E-state index in [1.54, 1.807) is 18.2 Å². The molecule has 5 heteroatoms. The Bertz CT molecular complexity index is 1250. The van der Waals surface area contributed by atoms with E-state index >= 15 is 0 Å². The van der Waals surface area contributed by atoms with Crippen LogP contribution in [0.2, 0.25) is 0 Å². The number of nitrogens with zero attached hydrogens (tertiary/aromatic N) is 2. The molecule has 0 radical (unpaired) electrons. The van der Waals surface area contributed by atoms with Gasteiger partial charge >= 0.3 is 0 Å². The highest BCUT2D eigenvalue weighted by atomic mass is 19.1. The topological polar surface area (TPSA) is 61.7 Å². The molecular weight excluding hydrogens is 365 g/mol. The van der Waals surface area contributed by atoms with E-state index in [1.165, 1.54) is 12.1 Å². The maximum atomic E-state index is 13.4. The van der Waals surface area contributed by atoms with Crippen molar-refractivity contribution in [3.05, 3.63) is 95.1 Å². The van der Waals surface area contributed by atoms with E-state index < -0.39 is 0 Å². The Morgan fingerprint density at radius 2 is 2.00 bits per heavy atom. The Kier molecular flexibility index (Phi) is 5.08. The molecule has 0 fully saturated rings. The normalized spacial score (nSPS) is 11.4. The number of aryl methyl sites for hydroxylation is 1. The predicted molar refractivity (Wildman–Crippen MR) is 111 cm³/mol. The zero-order chi connectivity index (χ0) is 20.2. The van der Waals surface area contributed by atoms with Gasteiger partial charge < -0.3 is 9.72 Å². The van der Waals surface area contributed by atoms with Crippen LogP contribution in [0.15, 0.2) is 66.7 Å². The van der Waals surface area contributed by atoms with E-state index in [-0.39, 0.29) is 12.4 Å². The summed E-state index contributed by atoms with van der Waals surface area (Å²) >= 11 is 0. The molecule has 0 aliphatic heterocycles. The number of para-hydroxylation sites is 1. The third kappa shape index (κ3) is 4.17. The number of hydrogen-bond donors (Lipinski definition) is 1. The zero-order valence-electron chi connectivity index (χ0n) is 15.8. The Balaban J connectivity index is 1.64. The number of ether oxygens (including phenoxy) is 1. The largest absolute Gasteiger partial charge is 0.488 e. The smallest absolute Gasteiger partial charge is 0.149 e. The summed E-state index contributed by atoms with van der Waals surface area (Å²) in [6.45, 7) is 2.24. The summed E-state index contributed by atoms with van der Waals surface area (Å²) in [5.41, 5.74) is 4.69. The first-order chi connectivity index (χ1) is 14.1. The summed E-state index contributed by atoms with van der Waals surface area (Å²) in [4.78, 5) is 7.73. The average molecular weight is 383 g/mol. The van der Waals surface area contributed by atoms with Crippen LogP contribution < -0.4 is 4.74 Å². The van der Waals surface area contributed by atoms with Crippen molar-refractivity contribution in [3.8, 4) is 11.8 Å². The van der Waals surface area contributed by atoms with Gasteiger partial charge in [0, 0.05) is 5.56 Å². The summed E-state index contributed by atoms with van der Waals surface area (Å²) in [7, 11) is 0. The van der Waals surface area contributed by atoms with Crippen molar-refractivity contribution >= 4 is 22.7 Å². The number of aromatic nitrogens is 2. The first-order valence-corrected chi connectivity index (χ1v) is 9.17. The van der Waals surface area contributed by atoms with E-state index in [4.69, 9.17) is 4.74 Å². The molecule has 0 bridgehead atoms. The van der Waals surface area contributed by atoms with Crippen LogP contribution >= 0.6 is 0 Å². The molecule has 0 spiro atoms. The van der Waals surface area contributed by atoms with Crippen LogP contribution in [-0.2, 0) is 6.61 Å². The van der Waals surface area contributed by atoms with Crippen molar-refractivity contribution in [2.24, 2.45) is 0 Å². The number of H-pyrrole nitrogens is 1. The molecule has 4 aromatic rings. The molecule has 4 nitrogen and oxygen atoms in total. The molecule has 0 saturated carbocycles. The van der Waals surface area contributed by atoms with Crippen molar-refractivity contribution < 1.29 is 9.13 Å². The summed E-state index contributed by atoms with van der Waals surface area (Å²) < 4.78 is 19.3. The highest BCUT2D eigenvalue weighted by Crippen LogP contribution is 2.26. The molecule has 1 N–H and O–H groups in total. The van der Waals surface area contributed by atoms with Gasteiger partial charge in [0.25, 0.3) is 0 Å². The van der Waals surface area contributed by atoms with Gasteiger partial charge in [-0.25, -0.2) is 9.37 Å². The number of fused-ring (bicyclic) bond motifs is 1. The summed E-state index contributed by atoms with van der Waals surface area (Å²) in [5.74, 6) is 0.815. The molecule has 0 aliphatic rings. The Morgan fingerprint density at radius 1 is 1.14 bits per heavy atom. The molecule has 29 heavy (non-hydrogen) atoms. The van der Waals surface area contributed by atoms with Crippen LogP contribution in [0, 0.1) is 24.1 Å². The molecular formula is C24H18FN3O. The van der Waals surface area contributed by atoms with Gasteiger partial charge in [-0.15, -0.1) is 0 Å². The lowest BCUT2D eigenvalue weighted by molar-refractivity contribution is 0.305. The minimum Gasteiger partial charge on any atom is -0.488 e. The van der Waals surface area contributed by atoms with E-state index in [2.05, 4.69) is 16.0 Å². The number of benzene rings is 3. The van der Waals surface area contributed by atoms with Crippen molar-refractivity contribution in [1.82, 2.24) is 9.97 Å². The fraction of sp³-hybridized carbons (Fsp3) is 0.0833. The second kappa shape index (κ2) is 7.99. The maximum absolute atomic E-state index is 13.4. The predicted octanol–water partition coefficient (Wildman–Crippen LogP) is 5.65. The van der Waals surface area contributed by atoms with Crippen molar-refractivity contribution in [3.63, 3.8) is 0 Å². The van der Waals surface area contributed by atoms with Gasteiger partial charge in [-0.1, -0.05) is 36.4 Å². The first-order valence-electron chi connectivity index (χ1n) is 9.17. The minimum atomic E-state index is -0.300.